The number of carboxylic acid groups (broad SMARTS) is 1. The van der Waals surface area contributed by atoms with E-state index in [2.05, 4.69) is 16.4 Å². The molecular formula is C30H32N4O6. The van der Waals surface area contributed by atoms with Crippen molar-refractivity contribution in [2.24, 2.45) is 0 Å². The van der Waals surface area contributed by atoms with Crippen LogP contribution < -0.4 is 10.9 Å². The van der Waals surface area contributed by atoms with Crippen molar-refractivity contribution in [3.8, 4) is 11.1 Å². The van der Waals surface area contributed by atoms with Crippen LogP contribution in [0, 0.1) is 6.92 Å². The van der Waals surface area contributed by atoms with E-state index in [0.717, 1.165) is 51.6 Å². The van der Waals surface area contributed by atoms with Gasteiger partial charge in [-0.05, 0) is 87.4 Å². The van der Waals surface area contributed by atoms with Gasteiger partial charge in [0.25, 0.3) is 5.56 Å². The third-order valence-electron chi connectivity index (χ3n) is 7.66. The fraction of sp³-hybridized carbons (Fsp3) is 0.400. The smallest absolute Gasteiger partial charge is 0.408 e. The number of hydrogen-bond acceptors (Lipinski definition) is 6. The van der Waals surface area contributed by atoms with Crippen molar-refractivity contribution in [1.29, 1.82) is 0 Å². The van der Waals surface area contributed by atoms with E-state index in [-0.39, 0.29) is 35.6 Å². The minimum atomic E-state index is -0.933. The lowest BCUT2D eigenvalue weighted by Crippen LogP contribution is -2.32. The number of hydrogen-bond donors (Lipinski definition) is 2. The molecule has 1 aliphatic carbocycles. The van der Waals surface area contributed by atoms with Crippen molar-refractivity contribution >= 4 is 34.2 Å². The molecule has 0 unspecified atom stereocenters. The van der Waals surface area contributed by atoms with Gasteiger partial charge in [0.1, 0.15) is 5.60 Å². The lowest BCUT2D eigenvalue weighted by molar-refractivity contribution is 0.0519. The molecule has 6 rings (SSSR count). The summed E-state index contributed by atoms with van der Waals surface area (Å²) in [5.74, 6) is 0.227. The number of pyridine rings is 1. The van der Waals surface area contributed by atoms with Crippen molar-refractivity contribution in [3.63, 3.8) is 0 Å². The molecule has 2 aromatic carbocycles. The summed E-state index contributed by atoms with van der Waals surface area (Å²) in [4.78, 5) is 43.4. The van der Waals surface area contributed by atoms with E-state index in [9.17, 15) is 19.5 Å². The molecule has 0 saturated heterocycles. The predicted molar refractivity (Wildman–Crippen MR) is 149 cm³/mol. The van der Waals surface area contributed by atoms with Crippen molar-refractivity contribution in [1.82, 2.24) is 19.8 Å². The highest BCUT2D eigenvalue weighted by molar-refractivity contribution is 6.04. The molecule has 40 heavy (non-hydrogen) atoms. The van der Waals surface area contributed by atoms with Crippen LogP contribution in [0.1, 0.15) is 75.2 Å². The number of oxazole rings is 1. The largest absolute Gasteiger partial charge is 0.465 e. The first-order chi connectivity index (χ1) is 18.9. The quantitative estimate of drug-likeness (QED) is 0.321. The van der Waals surface area contributed by atoms with Crippen LogP contribution in [0.3, 0.4) is 0 Å². The van der Waals surface area contributed by atoms with E-state index < -0.39 is 17.8 Å². The fourth-order valence-electron chi connectivity index (χ4n) is 5.67. The average molecular weight is 545 g/mol. The summed E-state index contributed by atoms with van der Waals surface area (Å²) < 4.78 is 13.2. The third-order valence-corrected chi connectivity index (χ3v) is 7.66. The summed E-state index contributed by atoms with van der Waals surface area (Å²) in [6.07, 6.45) is 0.302. The number of carbonyl (C=O) groups is 2. The summed E-state index contributed by atoms with van der Waals surface area (Å²) in [5, 5.41) is 13.0. The maximum absolute atomic E-state index is 13.7. The Balaban J connectivity index is 1.43. The van der Waals surface area contributed by atoms with Gasteiger partial charge in [0.2, 0.25) is 5.89 Å². The monoisotopic (exact) mass is 544 g/mol. The van der Waals surface area contributed by atoms with Crippen LogP contribution in [-0.4, -0.2) is 37.3 Å². The van der Waals surface area contributed by atoms with Crippen molar-refractivity contribution in [2.75, 3.05) is 0 Å². The van der Waals surface area contributed by atoms with Crippen LogP contribution in [0.15, 0.2) is 39.5 Å². The molecule has 2 N–H and O–H groups in total. The molecule has 0 spiro atoms. The minimum absolute atomic E-state index is 0.00801. The van der Waals surface area contributed by atoms with Crippen LogP contribution in [-0.2, 0) is 17.8 Å². The number of nitrogens with one attached hydrogen (secondary N) is 1. The van der Waals surface area contributed by atoms with E-state index in [1.54, 1.807) is 20.8 Å². The van der Waals surface area contributed by atoms with Gasteiger partial charge in [-0.15, -0.1) is 0 Å². The van der Waals surface area contributed by atoms with Crippen LogP contribution in [0.2, 0.25) is 0 Å². The Morgan fingerprint density at radius 2 is 1.95 bits per heavy atom. The van der Waals surface area contributed by atoms with Gasteiger partial charge in [0.15, 0.2) is 11.1 Å². The molecule has 3 heterocycles. The van der Waals surface area contributed by atoms with Gasteiger partial charge in [-0.2, -0.15) is 0 Å². The van der Waals surface area contributed by atoms with Crippen molar-refractivity contribution in [2.45, 2.75) is 78.2 Å². The van der Waals surface area contributed by atoms with Crippen LogP contribution in [0.5, 0.6) is 0 Å². The Bertz CT molecular complexity index is 1760. The number of amides is 2. The first-order valence-electron chi connectivity index (χ1n) is 13.5. The topological polar surface area (TPSA) is 127 Å². The Kier molecular flexibility index (Phi) is 5.90. The zero-order valence-corrected chi connectivity index (χ0v) is 23.2. The molecule has 10 nitrogen and oxygen atoms in total. The van der Waals surface area contributed by atoms with Gasteiger partial charge in [-0.3, -0.25) is 9.69 Å². The molecule has 4 aromatic rings. The summed E-state index contributed by atoms with van der Waals surface area (Å²) in [6.45, 7) is 9.58. The molecule has 0 radical (unpaired) electrons. The van der Waals surface area contributed by atoms with Crippen LogP contribution in [0.4, 0.5) is 9.59 Å². The highest BCUT2D eigenvalue weighted by atomic mass is 16.6. The number of fused-ring (bicyclic) bond motifs is 4. The Labute approximate surface area is 230 Å². The average Bonchev–Trinajstić information content (AvgIpc) is 3.52. The minimum Gasteiger partial charge on any atom is -0.465 e. The summed E-state index contributed by atoms with van der Waals surface area (Å²) >= 11 is 0. The van der Waals surface area contributed by atoms with Crippen molar-refractivity contribution in [3.05, 3.63) is 63.3 Å². The molecule has 2 amide bonds. The predicted octanol–water partition coefficient (Wildman–Crippen LogP) is 6.03. The second-order valence-corrected chi connectivity index (χ2v) is 11.7. The number of ether oxygens (including phenoxy) is 1. The number of carbonyl (C=O) groups excluding carboxylic acids is 1. The molecule has 208 valence electrons. The molecule has 1 fully saturated rings. The summed E-state index contributed by atoms with van der Waals surface area (Å²) in [7, 11) is 0. The van der Waals surface area contributed by atoms with Crippen LogP contribution in [0.25, 0.3) is 33.1 Å². The molecule has 0 bridgehead atoms. The summed E-state index contributed by atoms with van der Waals surface area (Å²) in [5.41, 5.74) is 5.47. The van der Waals surface area contributed by atoms with Gasteiger partial charge in [0.05, 0.1) is 18.1 Å². The van der Waals surface area contributed by atoms with Gasteiger partial charge in [0, 0.05) is 18.0 Å². The van der Waals surface area contributed by atoms with E-state index in [1.807, 2.05) is 42.7 Å². The van der Waals surface area contributed by atoms with Gasteiger partial charge in [-0.25, -0.2) is 14.6 Å². The Morgan fingerprint density at radius 1 is 1.20 bits per heavy atom. The second-order valence-electron chi connectivity index (χ2n) is 11.7. The van der Waals surface area contributed by atoms with E-state index in [0.29, 0.717) is 12.1 Å². The molecule has 10 heteroatoms. The number of aromatic nitrogens is 2. The van der Waals surface area contributed by atoms with Crippen LogP contribution >= 0.6 is 0 Å². The maximum atomic E-state index is 13.7. The fourth-order valence-corrected chi connectivity index (χ4v) is 5.67. The Morgan fingerprint density at radius 3 is 2.62 bits per heavy atom. The number of benzene rings is 2. The van der Waals surface area contributed by atoms with Gasteiger partial charge in [-0.1, -0.05) is 18.2 Å². The lowest BCUT2D eigenvalue weighted by Gasteiger charge is -2.19. The number of rotatable bonds is 4. The lowest BCUT2D eigenvalue weighted by atomic mass is 9.94. The number of alkyl carbamates (subject to hydrolysis) is 1. The zero-order valence-electron chi connectivity index (χ0n) is 23.2. The molecule has 2 aromatic heterocycles. The molecule has 1 saturated carbocycles. The Hall–Kier alpha value is -4.34. The van der Waals surface area contributed by atoms with Gasteiger partial charge < -0.3 is 24.1 Å². The standard InChI is InChI=1S/C30H32N4O6/c1-15-20(17-6-9-21-16(2)33(29(37)38)14-18(21)12-17)10-11-22-25(15)34(19-7-8-19)27(35)24-26(22)39-23(32-24)13-31-28(36)40-30(3,4)5/h6,9-12,16,19H,7-8,13-14H2,1-5H3,(H,31,36)(H,37,38)/t16-/m1/s1. The maximum Gasteiger partial charge on any atom is 0.408 e. The van der Waals surface area contributed by atoms with Gasteiger partial charge >= 0.3 is 12.2 Å². The number of nitrogens with zero attached hydrogens (tertiary/aromatic N) is 3. The highest BCUT2D eigenvalue weighted by Gasteiger charge is 2.32. The third kappa shape index (κ3) is 4.37. The highest BCUT2D eigenvalue weighted by Crippen LogP contribution is 2.41. The zero-order chi connectivity index (χ0) is 28.5. The SMILES string of the molecule is Cc1c(-c2ccc3c(c2)CN(C(=O)O)[C@@H]3C)ccc2c3oc(CNC(=O)OC(C)(C)C)nc3c(=O)n(C3CC3)c12. The van der Waals surface area contributed by atoms with E-state index >= 15 is 0 Å². The van der Waals surface area contributed by atoms with Crippen molar-refractivity contribution < 1.29 is 23.8 Å². The molecular weight excluding hydrogens is 512 g/mol. The first-order valence-corrected chi connectivity index (χ1v) is 13.5. The van der Waals surface area contributed by atoms with E-state index in [1.165, 1.54) is 4.90 Å². The molecule has 1 aliphatic heterocycles. The molecule has 1 atom stereocenters. The second kappa shape index (κ2) is 9.11. The summed E-state index contributed by atoms with van der Waals surface area (Å²) in [6, 6.07) is 9.93. The first kappa shape index (κ1) is 25.9. The molecule has 2 aliphatic rings. The number of aryl methyl sites for hydroxylation is 1. The normalized spacial score (nSPS) is 16.9. The van der Waals surface area contributed by atoms with E-state index in [4.69, 9.17) is 9.15 Å².